The van der Waals surface area contributed by atoms with Crippen molar-refractivity contribution >= 4 is 60.5 Å². The summed E-state index contributed by atoms with van der Waals surface area (Å²) >= 11 is 7.38. The molecule has 1 aliphatic heterocycles. The summed E-state index contributed by atoms with van der Waals surface area (Å²) in [7, 11) is -3.85. The van der Waals surface area contributed by atoms with Crippen molar-refractivity contribution in [2.45, 2.75) is 32.1 Å². The SMILES string of the molecule is CC(=O)NS(=O)(=O)c1ccc(CC(=S)N2CCN(c3ncnc4scc(-c5ccc(C)[c-]c5C)c34)CC2)cc1.[Y]. The second-order valence-electron chi connectivity index (χ2n) is 9.56. The number of piperazine rings is 1. The van der Waals surface area contributed by atoms with E-state index in [0.717, 1.165) is 75.0 Å². The summed E-state index contributed by atoms with van der Waals surface area (Å²) in [5, 5.41) is 3.24. The van der Waals surface area contributed by atoms with Crippen LogP contribution in [-0.2, 0) is 53.9 Å². The van der Waals surface area contributed by atoms with Gasteiger partial charge in [-0.15, -0.1) is 16.9 Å². The molecule has 8 nitrogen and oxygen atoms in total. The van der Waals surface area contributed by atoms with Crippen LogP contribution >= 0.6 is 23.6 Å². The van der Waals surface area contributed by atoms with Crippen LogP contribution in [0.4, 0.5) is 5.82 Å². The predicted molar refractivity (Wildman–Crippen MR) is 159 cm³/mol. The van der Waals surface area contributed by atoms with E-state index in [1.807, 2.05) is 4.72 Å². The van der Waals surface area contributed by atoms with Crippen LogP contribution in [0.2, 0.25) is 0 Å². The fourth-order valence-electron chi connectivity index (χ4n) is 4.82. The van der Waals surface area contributed by atoms with E-state index in [-0.39, 0.29) is 37.6 Å². The number of carbonyl (C=O) groups is 1. The molecular formula is C28H28N5O3S3Y-. The van der Waals surface area contributed by atoms with Crippen LogP contribution in [0.15, 0.2) is 53.0 Å². The number of sulfonamides is 1. The first-order valence-electron chi connectivity index (χ1n) is 12.5. The van der Waals surface area contributed by atoms with Crippen molar-refractivity contribution in [2.24, 2.45) is 0 Å². The molecule has 0 atom stereocenters. The van der Waals surface area contributed by atoms with Gasteiger partial charge in [-0.1, -0.05) is 38.2 Å². The van der Waals surface area contributed by atoms with E-state index < -0.39 is 15.9 Å². The number of amides is 1. The number of benzene rings is 2. The molecule has 0 spiro atoms. The molecule has 1 radical (unpaired) electrons. The summed E-state index contributed by atoms with van der Waals surface area (Å²) in [4.78, 5) is 26.7. The van der Waals surface area contributed by atoms with Crippen LogP contribution in [0, 0.1) is 19.9 Å². The van der Waals surface area contributed by atoms with E-state index in [2.05, 4.69) is 52.2 Å². The topological polar surface area (TPSA) is 95.5 Å². The van der Waals surface area contributed by atoms with E-state index in [1.165, 1.54) is 19.1 Å². The molecule has 3 heterocycles. The number of anilines is 1. The third-order valence-corrected chi connectivity index (χ3v) is 9.47. The van der Waals surface area contributed by atoms with Gasteiger partial charge >= 0.3 is 0 Å². The second-order valence-corrected chi connectivity index (χ2v) is 12.6. The molecule has 40 heavy (non-hydrogen) atoms. The number of aryl methyl sites for hydroxylation is 2. The number of aromatic nitrogens is 2. The van der Waals surface area contributed by atoms with Gasteiger partial charge in [0, 0.05) is 77.6 Å². The minimum Gasteiger partial charge on any atom is -0.362 e. The summed E-state index contributed by atoms with van der Waals surface area (Å²) in [6.45, 7) is 8.37. The molecule has 0 saturated carbocycles. The predicted octanol–water partition coefficient (Wildman–Crippen LogP) is 4.29. The van der Waals surface area contributed by atoms with Crippen LogP contribution in [0.3, 0.4) is 0 Å². The number of thiocarbonyl (C=S) groups is 1. The van der Waals surface area contributed by atoms with Crippen molar-refractivity contribution < 1.29 is 45.9 Å². The number of nitrogens with one attached hydrogen (secondary N) is 1. The zero-order valence-electron chi connectivity index (χ0n) is 22.5. The minimum absolute atomic E-state index is 0. The normalized spacial score (nSPS) is 13.7. The van der Waals surface area contributed by atoms with Crippen LogP contribution in [0.5, 0.6) is 0 Å². The third kappa shape index (κ3) is 6.60. The number of fused-ring (bicyclic) bond motifs is 1. The maximum absolute atomic E-state index is 12.2. The van der Waals surface area contributed by atoms with Gasteiger partial charge in [0.15, 0.2) is 0 Å². The van der Waals surface area contributed by atoms with Crippen molar-refractivity contribution in [3.63, 3.8) is 0 Å². The van der Waals surface area contributed by atoms with Crippen molar-refractivity contribution in [1.29, 1.82) is 0 Å². The third-order valence-electron chi connectivity index (χ3n) is 6.73. The van der Waals surface area contributed by atoms with Gasteiger partial charge in [-0.25, -0.2) is 23.1 Å². The van der Waals surface area contributed by atoms with Gasteiger partial charge < -0.3 is 9.80 Å². The van der Waals surface area contributed by atoms with Crippen molar-refractivity contribution in [3.8, 4) is 11.1 Å². The molecule has 5 rings (SSSR count). The molecule has 2 aromatic carbocycles. The van der Waals surface area contributed by atoms with E-state index in [9.17, 15) is 13.2 Å². The molecule has 12 heteroatoms. The minimum atomic E-state index is -3.85. The molecule has 2 aromatic heterocycles. The van der Waals surface area contributed by atoms with E-state index in [0.29, 0.717) is 6.42 Å². The fourth-order valence-corrected chi connectivity index (χ4v) is 7.06. The van der Waals surface area contributed by atoms with E-state index >= 15 is 0 Å². The standard InChI is InChI=1S/C28H28N5O3S3.Y/c1-18-4-9-23(19(2)14-18)24-16-38-28-26(24)27(29-17-30-28)33-12-10-32(11-13-33)25(37)15-21-5-7-22(8-6-21)39(35,36)31-20(3)34;/h4-9,16-17H,10-13,15H2,1-3H3,(H,31,34);/q-1;. The molecule has 1 N–H and O–H groups in total. The molecule has 1 saturated heterocycles. The zero-order valence-corrected chi connectivity index (χ0v) is 27.8. The molecule has 1 fully saturated rings. The Balaban J connectivity index is 0.00000370. The first-order valence-corrected chi connectivity index (χ1v) is 15.3. The molecule has 0 unspecified atom stereocenters. The van der Waals surface area contributed by atoms with Gasteiger partial charge in [-0.3, -0.25) is 4.79 Å². The van der Waals surface area contributed by atoms with E-state index in [1.54, 1.807) is 29.8 Å². The van der Waals surface area contributed by atoms with Crippen molar-refractivity contribution in [3.05, 3.63) is 70.9 Å². The number of carbonyl (C=O) groups excluding carboxylic acids is 1. The number of nitrogens with zero attached hydrogens (tertiary/aromatic N) is 4. The van der Waals surface area contributed by atoms with Gasteiger partial charge in [0.25, 0.3) is 10.0 Å². The molecule has 0 bridgehead atoms. The summed E-state index contributed by atoms with van der Waals surface area (Å²) in [6, 6.07) is 14.1. The summed E-state index contributed by atoms with van der Waals surface area (Å²) < 4.78 is 26.4. The average molecular weight is 668 g/mol. The Morgan fingerprint density at radius 1 is 1.05 bits per heavy atom. The second kappa shape index (κ2) is 12.7. The summed E-state index contributed by atoms with van der Waals surface area (Å²) in [5.74, 6) is 0.318. The smallest absolute Gasteiger partial charge is 0.264 e. The van der Waals surface area contributed by atoms with Crippen LogP contribution in [0.1, 0.15) is 23.6 Å². The number of rotatable bonds is 6. The van der Waals surface area contributed by atoms with Crippen LogP contribution in [-0.4, -0.2) is 60.4 Å². The Labute approximate surface area is 269 Å². The molecule has 205 valence electrons. The van der Waals surface area contributed by atoms with Gasteiger partial charge in [0.2, 0.25) is 5.91 Å². The molecule has 1 amide bonds. The number of hydrogen-bond acceptors (Lipinski definition) is 8. The van der Waals surface area contributed by atoms with Crippen molar-refractivity contribution in [1.82, 2.24) is 19.6 Å². The Bertz CT molecular complexity index is 1660. The maximum Gasteiger partial charge on any atom is 0.264 e. The maximum atomic E-state index is 12.2. The first-order chi connectivity index (χ1) is 18.6. The average Bonchev–Trinajstić information content (AvgIpc) is 3.32. The Hall–Kier alpha value is -2.31. The summed E-state index contributed by atoms with van der Waals surface area (Å²) in [6.07, 6.45) is 2.17. The summed E-state index contributed by atoms with van der Waals surface area (Å²) in [5.41, 5.74) is 5.43. The van der Waals surface area contributed by atoms with Gasteiger partial charge in [0.05, 0.1) is 9.88 Å². The first kappa shape index (κ1) is 30.6. The zero-order chi connectivity index (χ0) is 27.7. The molecule has 0 aliphatic carbocycles. The fraction of sp³-hybridized carbons (Fsp3) is 0.286. The van der Waals surface area contributed by atoms with Crippen molar-refractivity contribution in [2.75, 3.05) is 31.1 Å². The Morgan fingerprint density at radius 3 is 2.40 bits per heavy atom. The van der Waals surface area contributed by atoms with Crippen LogP contribution in [0.25, 0.3) is 21.3 Å². The Morgan fingerprint density at radius 2 is 1.75 bits per heavy atom. The number of thiophene rings is 1. The largest absolute Gasteiger partial charge is 0.362 e. The monoisotopic (exact) mass is 667 g/mol. The molecular weight excluding hydrogens is 639 g/mol. The Kier molecular flexibility index (Phi) is 9.72. The van der Waals surface area contributed by atoms with Gasteiger partial charge in [0.1, 0.15) is 17.0 Å². The molecule has 4 aromatic rings. The van der Waals surface area contributed by atoms with E-state index in [4.69, 9.17) is 17.2 Å². The quantitative estimate of drug-likeness (QED) is 0.241. The van der Waals surface area contributed by atoms with Crippen LogP contribution < -0.4 is 9.62 Å². The van der Waals surface area contributed by atoms with Gasteiger partial charge in [-0.05, 0) is 28.6 Å². The number of hydrogen-bond donors (Lipinski definition) is 1. The molecule has 1 aliphatic rings. The van der Waals surface area contributed by atoms with Gasteiger partial charge in [-0.2, -0.15) is 29.3 Å².